The minimum Gasteiger partial charge on any atom is -0.347 e. The fourth-order valence-corrected chi connectivity index (χ4v) is 5.32. The fraction of sp³-hybridized carbons (Fsp3) is 0.810. The van der Waals surface area contributed by atoms with Gasteiger partial charge in [-0.15, -0.1) is 0 Å². The molecule has 1 N–H and O–H groups in total. The first-order chi connectivity index (χ1) is 16.7. The first-order valence-electron chi connectivity index (χ1n) is 11.5. The predicted octanol–water partition coefficient (Wildman–Crippen LogP) is -0.808. The zero-order valence-corrected chi connectivity index (χ0v) is 21.3. The molecule has 0 radical (unpaired) electrons. The molecular formula is C21H30N2O12S. The lowest BCUT2D eigenvalue weighted by Crippen LogP contribution is -2.37. The third-order valence-electron chi connectivity index (χ3n) is 6.23. The van der Waals surface area contributed by atoms with Gasteiger partial charge in [0.2, 0.25) is 0 Å². The SMILES string of the molecule is CC1(C)O[C@@H]2[C@H](O1)[C@@H](CO[C@@H]1O[C@H](COS(C)(=O)=O)[C@H]3OC(C)(C)O[C@@H]13)O[C@H]2n1ccc(=O)[nH]c1=O. The summed E-state index contributed by atoms with van der Waals surface area (Å²) in [4.78, 5) is 26.1. The van der Waals surface area contributed by atoms with Crippen molar-refractivity contribution < 1.29 is 45.8 Å². The Bertz CT molecular complexity index is 1210. The molecule has 36 heavy (non-hydrogen) atoms. The maximum absolute atomic E-state index is 12.4. The summed E-state index contributed by atoms with van der Waals surface area (Å²) in [6.45, 7) is 6.69. The van der Waals surface area contributed by atoms with Crippen LogP contribution in [0.1, 0.15) is 33.9 Å². The number of aromatic amines is 1. The molecule has 0 saturated carbocycles. The van der Waals surface area contributed by atoms with Gasteiger partial charge in [-0.1, -0.05) is 0 Å². The molecule has 15 heteroatoms. The summed E-state index contributed by atoms with van der Waals surface area (Å²) in [5.41, 5.74) is -1.17. The zero-order chi connectivity index (χ0) is 26.0. The molecule has 0 aromatic carbocycles. The minimum absolute atomic E-state index is 0.0213. The molecule has 0 unspecified atom stereocenters. The smallest absolute Gasteiger partial charge is 0.330 e. The van der Waals surface area contributed by atoms with Crippen LogP contribution in [0.3, 0.4) is 0 Å². The van der Waals surface area contributed by atoms with Crippen LogP contribution in [0, 0.1) is 0 Å². The Morgan fingerprint density at radius 1 is 0.917 bits per heavy atom. The van der Waals surface area contributed by atoms with Crippen LogP contribution >= 0.6 is 0 Å². The van der Waals surface area contributed by atoms with Crippen LogP contribution in [0.5, 0.6) is 0 Å². The van der Waals surface area contributed by atoms with E-state index >= 15 is 0 Å². The highest BCUT2D eigenvalue weighted by Crippen LogP contribution is 2.44. The lowest BCUT2D eigenvalue weighted by Gasteiger charge is -2.26. The Morgan fingerprint density at radius 3 is 2.14 bits per heavy atom. The minimum atomic E-state index is -3.69. The average molecular weight is 535 g/mol. The molecule has 0 spiro atoms. The predicted molar refractivity (Wildman–Crippen MR) is 118 cm³/mol. The Balaban J connectivity index is 1.31. The number of hydrogen-bond acceptors (Lipinski definition) is 12. The Kier molecular flexibility index (Phi) is 6.45. The summed E-state index contributed by atoms with van der Waals surface area (Å²) < 4.78 is 71.0. The summed E-state index contributed by atoms with van der Waals surface area (Å²) in [5.74, 6) is -1.86. The maximum atomic E-state index is 12.4. The van der Waals surface area contributed by atoms with Crippen molar-refractivity contribution in [1.29, 1.82) is 0 Å². The van der Waals surface area contributed by atoms with Gasteiger partial charge in [-0.2, -0.15) is 8.42 Å². The maximum Gasteiger partial charge on any atom is 0.330 e. The molecule has 202 valence electrons. The molecule has 5 rings (SSSR count). The molecule has 1 aromatic rings. The number of H-pyrrole nitrogens is 1. The summed E-state index contributed by atoms with van der Waals surface area (Å²) in [7, 11) is -3.69. The molecule has 0 bridgehead atoms. The quantitative estimate of drug-likeness (QED) is 0.434. The first kappa shape index (κ1) is 25.9. The summed E-state index contributed by atoms with van der Waals surface area (Å²) in [6.07, 6.45) is -3.36. The molecule has 1 aromatic heterocycles. The molecule has 4 saturated heterocycles. The Morgan fingerprint density at radius 2 is 1.50 bits per heavy atom. The van der Waals surface area contributed by atoms with E-state index in [4.69, 9.17) is 37.3 Å². The van der Waals surface area contributed by atoms with E-state index < -0.39 is 82.1 Å². The number of ether oxygens (including phenoxy) is 7. The van der Waals surface area contributed by atoms with Crippen LogP contribution in [0.4, 0.5) is 0 Å². The average Bonchev–Trinajstić information content (AvgIpc) is 3.42. The van der Waals surface area contributed by atoms with Crippen molar-refractivity contribution in [3.8, 4) is 0 Å². The number of nitrogens with one attached hydrogen (secondary N) is 1. The van der Waals surface area contributed by atoms with Crippen molar-refractivity contribution in [2.45, 2.75) is 88.4 Å². The van der Waals surface area contributed by atoms with Crippen LogP contribution in [0.25, 0.3) is 0 Å². The normalized spacial score (nSPS) is 38.8. The number of hydrogen-bond donors (Lipinski definition) is 1. The molecule has 4 fully saturated rings. The molecule has 0 amide bonds. The molecule has 5 heterocycles. The second kappa shape index (κ2) is 8.96. The van der Waals surface area contributed by atoms with Gasteiger partial charge < -0.3 is 33.2 Å². The summed E-state index contributed by atoms with van der Waals surface area (Å²) in [6, 6.07) is 1.22. The Hall–Kier alpha value is -1.69. The fourth-order valence-electron chi connectivity index (χ4n) is 4.94. The first-order valence-corrected chi connectivity index (χ1v) is 13.3. The topological polar surface area (TPSA) is 163 Å². The van der Waals surface area contributed by atoms with Gasteiger partial charge in [0.15, 0.2) is 24.1 Å². The highest BCUT2D eigenvalue weighted by Gasteiger charge is 2.59. The molecular weight excluding hydrogens is 504 g/mol. The second-order valence-electron chi connectivity index (χ2n) is 10.1. The van der Waals surface area contributed by atoms with Gasteiger partial charge in [0.05, 0.1) is 19.5 Å². The van der Waals surface area contributed by atoms with Crippen molar-refractivity contribution in [2.24, 2.45) is 0 Å². The van der Waals surface area contributed by atoms with Crippen LogP contribution in [-0.4, -0.2) is 91.9 Å². The molecule has 4 aliphatic heterocycles. The largest absolute Gasteiger partial charge is 0.347 e. The monoisotopic (exact) mass is 534 g/mol. The van der Waals surface area contributed by atoms with Gasteiger partial charge in [0.25, 0.3) is 15.7 Å². The number of aromatic nitrogens is 2. The molecule has 8 atom stereocenters. The van der Waals surface area contributed by atoms with Crippen molar-refractivity contribution in [3.63, 3.8) is 0 Å². The van der Waals surface area contributed by atoms with E-state index in [1.165, 1.54) is 16.8 Å². The third kappa shape index (κ3) is 5.16. The number of rotatable bonds is 7. The molecule has 14 nitrogen and oxygen atoms in total. The van der Waals surface area contributed by atoms with E-state index in [0.29, 0.717) is 0 Å². The van der Waals surface area contributed by atoms with E-state index in [-0.39, 0.29) is 13.2 Å². The van der Waals surface area contributed by atoms with Crippen molar-refractivity contribution in [2.75, 3.05) is 19.5 Å². The lowest BCUT2D eigenvalue weighted by molar-refractivity contribution is -0.248. The van der Waals surface area contributed by atoms with Gasteiger partial charge in [-0.25, -0.2) is 4.79 Å². The van der Waals surface area contributed by atoms with Gasteiger partial charge in [-0.05, 0) is 27.7 Å². The van der Waals surface area contributed by atoms with Gasteiger partial charge in [-0.3, -0.25) is 18.5 Å². The summed E-state index contributed by atoms with van der Waals surface area (Å²) in [5, 5.41) is 0. The zero-order valence-electron chi connectivity index (χ0n) is 20.4. The third-order valence-corrected chi connectivity index (χ3v) is 6.79. The van der Waals surface area contributed by atoms with Gasteiger partial charge in [0, 0.05) is 12.3 Å². The van der Waals surface area contributed by atoms with Crippen LogP contribution in [0.2, 0.25) is 0 Å². The van der Waals surface area contributed by atoms with Crippen LogP contribution in [0.15, 0.2) is 21.9 Å². The van der Waals surface area contributed by atoms with Gasteiger partial charge >= 0.3 is 5.69 Å². The molecule has 4 aliphatic rings. The highest BCUT2D eigenvalue weighted by molar-refractivity contribution is 7.85. The molecule has 0 aliphatic carbocycles. The van der Waals surface area contributed by atoms with E-state index in [1.54, 1.807) is 27.7 Å². The summed E-state index contributed by atoms with van der Waals surface area (Å²) >= 11 is 0. The highest BCUT2D eigenvalue weighted by atomic mass is 32.2. The van der Waals surface area contributed by atoms with E-state index in [1.807, 2.05) is 0 Å². The lowest BCUT2D eigenvalue weighted by atomic mass is 10.1. The van der Waals surface area contributed by atoms with Crippen LogP contribution < -0.4 is 11.2 Å². The standard InChI is InChI=1S/C21H30N2O12S/c1-20(2)32-13-10(30-17(15(13)34-20)23-7-6-12(24)22-19(23)25)8-28-18-16-14(33-21(3,4)35-16)11(31-18)9-29-36(5,26)27/h6-7,10-11,13-18H,8-9H2,1-5H3,(H,22,24,25)/t10-,11-,13-,14-,15-,16-,17-,18-/m1/s1. The van der Waals surface area contributed by atoms with E-state index in [2.05, 4.69) is 4.98 Å². The van der Waals surface area contributed by atoms with Gasteiger partial charge in [0.1, 0.15) is 36.6 Å². The number of nitrogens with zero attached hydrogens (tertiary/aromatic N) is 1. The second-order valence-corrected chi connectivity index (χ2v) is 11.7. The Labute approximate surface area is 206 Å². The van der Waals surface area contributed by atoms with Crippen molar-refractivity contribution in [3.05, 3.63) is 33.1 Å². The van der Waals surface area contributed by atoms with Crippen molar-refractivity contribution in [1.82, 2.24) is 9.55 Å². The van der Waals surface area contributed by atoms with E-state index in [9.17, 15) is 18.0 Å². The van der Waals surface area contributed by atoms with Crippen molar-refractivity contribution >= 4 is 10.1 Å². The number of fused-ring (bicyclic) bond motifs is 2. The van der Waals surface area contributed by atoms with Crippen LogP contribution in [-0.2, 0) is 47.5 Å². The van der Waals surface area contributed by atoms with E-state index in [0.717, 1.165) is 6.26 Å².